The fourth-order valence-electron chi connectivity index (χ4n) is 2.79. The number of rotatable bonds is 5. The van der Waals surface area contributed by atoms with Gasteiger partial charge >= 0.3 is 5.97 Å². The summed E-state index contributed by atoms with van der Waals surface area (Å²) >= 11 is 5.91. The molecule has 0 aromatic heterocycles. The van der Waals surface area contributed by atoms with Crippen molar-refractivity contribution >= 4 is 29.2 Å². The van der Waals surface area contributed by atoms with Gasteiger partial charge in [0, 0.05) is 5.02 Å². The Morgan fingerprint density at radius 1 is 1.03 bits per heavy atom. The standard InChI is InChI=1S/C24H18ClNO3/c1-16-5-3-4-6-21(16)24(27)29-22-12-7-17(14-23(22)28-2)13-19(15-26)18-8-10-20(25)11-9-18/h3-14H,1-2H3/b19-13+. The van der Waals surface area contributed by atoms with E-state index in [-0.39, 0.29) is 0 Å². The number of methoxy groups -OCH3 is 1. The van der Waals surface area contributed by atoms with E-state index in [0.717, 1.165) is 16.7 Å². The lowest BCUT2D eigenvalue weighted by Crippen LogP contribution is -2.10. The maximum absolute atomic E-state index is 12.5. The van der Waals surface area contributed by atoms with Gasteiger partial charge in [-0.25, -0.2) is 4.79 Å². The van der Waals surface area contributed by atoms with Crippen molar-refractivity contribution < 1.29 is 14.3 Å². The molecule has 0 aliphatic rings. The molecule has 3 aromatic rings. The minimum atomic E-state index is -0.455. The van der Waals surface area contributed by atoms with Gasteiger partial charge in [0.2, 0.25) is 0 Å². The smallest absolute Gasteiger partial charge is 0.343 e. The molecule has 144 valence electrons. The molecule has 4 nitrogen and oxygen atoms in total. The summed E-state index contributed by atoms with van der Waals surface area (Å²) in [4.78, 5) is 12.5. The lowest BCUT2D eigenvalue weighted by Gasteiger charge is -2.11. The predicted octanol–water partition coefficient (Wildman–Crippen LogP) is 5.94. The number of nitrogens with zero attached hydrogens (tertiary/aromatic N) is 1. The van der Waals surface area contributed by atoms with E-state index in [2.05, 4.69) is 6.07 Å². The van der Waals surface area contributed by atoms with E-state index in [0.29, 0.717) is 27.7 Å². The number of hydrogen-bond acceptors (Lipinski definition) is 4. The lowest BCUT2D eigenvalue weighted by molar-refractivity contribution is 0.0729. The van der Waals surface area contributed by atoms with Gasteiger partial charge in [-0.15, -0.1) is 0 Å². The van der Waals surface area contributed by atoms with Crippen LogP contribution < -0.4 is 9.47 Å². The van der Waals surface area contributed by atoms with E-state index >= 15 is 0 Å². The number of nitriles is 1. The van der Waals surface area contributed by atoms with Crippen LogP contribution in [0.1, 0.15) is 27.0 Å². The molecular formula is C24H18ClNO3. The second-order valence-corrected chi connectivity index (χ2v) is 6.73. The van der Waals surface area contributed by atoms with Crippen molar-refractivity contribution in [2.75, 3.05) is 7.11 Å². The summed E-state index contributed by atoms with van der Waals surface area (Å²) in [5, 5.41) is 10.1. The lowest BCUT2D eigenvalue weighted by atomic mass is 10.0. The average molecular weight is 404 g/mol. The average Bonchev–Trinajstić information content (AvgIpc) is 2.73. The molecule has 0 saturated heterocycles. The van der Waals surface area contributed by atoms with Gasteiger partial charge in [-0.05, 0) is 60.0 Å². The highest BCUT2D eigenvalue weighted by molar-refractivity contribution is 6.30. The molecule has 0 bridgehead atoms. The number of benzene rings is 3. The van der Waals surface area contributed by atoms with Crippen LogP contribution in [0.5, 0.6) is 11.5 Å². The highest BCUT2D eigenvalue weighted by atomic mass is 35.5. The Kier molecular flexibility index (Phi) is 6.33. The first kappa shape index (κ1) is 20.2. The molecule has 0 saturated carbocycles. The van der Waals surface area contributed by atoms with E-state index in [1.807, 2.05) is 19.1 Å². The van der Waals surface area contributed by atoms with E-state index in [4.69, 9.17) is 21.1 Å². The van der Waals surface area contributed by atoms with Gasteiger partial charge in [0.05, 0.1) is 24.3 Å². The van der Waals surface area contributed by atoms with Crippen LogP contribution in [0.25, 0.3) is 11.6 Å². The van der Waals surface area contributed by atoms with Crippen LogP contribution in [0, 0.1) is 18.3 Å². The van der Waals surface area contributed by atoms with Crippen LogP contribution in [-0.2, 0) is 0 Å². The minimum Gasteiger partial charge on any atom is -0.493 e. The minimum absolute atomic E-state index is 0.308. The first-order valence-corrected chi connectivity index (χ1v) is 9.23. The fraction of sp³-hybridized carbons (Fsp3) is 0.0833. The zero-order valence-electron chi connectivity index (χ0n) is 16.0. The monoisotopic (exact) mass is 403 g/mol. The van der Waals surface area contributed by atoms with E-state index in [1.165, 1.54) is 7.11 Å². The van der Waals surface area contributed by atoms with Crippen molar-refractivity contribution in [1.82, 2.24) is 0 Å². The molecule has 0 radical (unpaired) electrons. The molecule has 29 heavy (non-hydrogen) atoms. The van der Waals surface area contributed by atoms with Crippen LogP contribution in [0.2, 0.25) is 5.02 Å². The Labute approximate surface area is 174 Å². The molecule has 0 aliphatic heterocycles. The Hall–Kier alpha value is -3.55. The molecule has 3 rings (SSSR count). The van der Waals surface area contributed by atoms with Gasteiger partial charge in [-0.1, -0.05) is 48.0 Å². The number of ether oxygens (including phenoxy) is 2. The summed E-state index contributed by atoms with van der Waals surface area (Å²) in [6.07, 6.45) is 1.73. The number of halogens is 1. The molecule has 0 fully saturated rings. The second kappa shape index (κ2) is 9.09. The van der Waals surface area contributed by atoms with Gasteiger partial charge < -0.3 is 9.47 Å². The largest absolute Gasteiger partial charge is 0.493 e. The SMILES string of the molecule is COc1cc(/C=C(\C#N)c2ccc(Cl)cc2)ccc1OC(=O)c1ccccc1C. The van der Waals surface area contributed by atoms with Crippen molar-refractivity contribution in [3.8, 4) is 17.6 Å². The maximum atomic E-state index is 12.5. The quantitative estimate of drug-likeness (QED) is 0.229. The summed E-state index contributed by atoms with van der Waals surface area (Å²) in [6, 6.07) is 21.6. The Morgan fingerprint density at radius 2 is 1.76 bits per heavy atom. The summed E-state index contributed by atoms with van der Waals surface area (Å²) in [7, 11) is 1.50. The van der Waals surface area contributed by atoms with Crippen molar-refractivity contribution in [2.45, 2.75) is 6.92 Å². The van der Waals surface area contributed by atoms with Crippen LogP contribution in [-0.4, -0.2) is 13.1 Å². The van der Waals surface area contributed by atoms with Gasteiger partial charge in [-0.3, -0.25) is 0 Å². The normalized spacial score (nSPS) is 10.9. The number of esters is 1. The molecule has 0 amide bonds. The molecule has 0 N–H and O–H groups in total. The highest BCUT2D eigenvalue weighted by Gasteiger charge is 2.14. The van der Waals surface area contributed by atoms with Crippen LogP contribution >= 0.6 is 11.6 Å². The van der Waals surface area contributed by atoms with Crippen LogP contribution in [0.4, 0.5) is 0 Å². The molecule has 0 heterocycles. The van der Waals surface area contributed by atoms with Gasteiger partial charge in [-0.2, -0.15) is 5.26 Å². The Balaban J connectivity index is 1.88. The van der Waals surface area contributed by atoms with E-state index in [9.17, 15) is 10.1 Å². The Bertz CT molecular complexity index is 1110. The highest BCUT2D eigenvalue weighted by Crippen LogP contribution is 2.31. The van der Waals surface area contributed by atoms with E-state index < -0.39 is 5.97 Å². The van der Waals surface area contributed by atoms with Crippen molar-refractivity contribution in [3.05, 3.63) is 94.0 Å². The first-order valence-electron chi connectivity index (χ1n) is 8.85. The van der Waals surface area contributed by atoms with Crippen LogP contribution in [0.3, 0.4) is 0 Å². The summed E-state index contributed by atoms with van der Waals surface area (Å²) in [6.45, 7) is 1.85. The van der Waals surface area contributed by atoms with Crippen molar-refractivity contribution in [3.63, 3.8) is 0 Å². The molecule has 0 atom stereocenters. The summed E-state index contributed by atoms with van der Waals surface area (Å²) < 4.78 is 10.9. The van der Waals surface area contributed by atoms with Crippen molar-refractivity contribution in [1.29, 1.82) is 5.26 Å². The van der Waals surface area contributed by atoms with E-state index in [1.54, 1.807) is 60.7 Å². The van der Waals surface area contributed by atoms with Gasteiger partial charge in [0.25, 0.3) is 0 Å². The number of hydrogen-bond donors (Lipinski definition) is 0. The third kappa shape index (κ3) is 4.84. The summed E-state index contributed by atoms with van der Waals surface area (Å²) in [5.74, 6) is 0.251. The Morgan fingerprint density at radius 3 is 2.41 bits per heavy atom. The topological polar surface area (TPSA) is 59.3 Å². The molecule has 0 aliphatic carbocycles. The second-order valence-electron chi connectivity index (χ2n) is 6.29. The van der Waals surface area contributed by atoms with Gasteiger partial charge in [0.15, 0.2) is 11.5 Å². The predicted molar refractivity (Wildman–Crippen MR) is 114 cm³/mol. The fourth-order valence-corrected chi connectivity index (χ4v) is 2.92. The first-order chi connectivity index (χ1) is 14.0. The summed E-state index contributed by atoms with van der Waals surface area (Å²) in [5.41, 5.74) is 3.30. The zero-order chi connectivity index (χ0) is 20.8. The molecule has 5 heteroatoms. The number of carbonyl (C=O) groups is 1. The maximum Gasteiger partial charge on any atom is 0.343 e. The van der Waals surface area contributed by atoms with Crippen molar-refractivity contribution in [2.24, 2.45) is 0 Å². The molecule has 0 spiro atoms. The molecule has 0 unspecified atom stereocenters. The number of carbonyl (C=O) groups excluding carboxylic acids is 1. The number of allylic oxidation sites excluding steroid dienone is 1. The zero-order valence-corrected chi connectivity index (χ0v) is 16.7. The third-order valence-corrected chi connectivity index (χ3v) is 4.59. The third-order valence-electron chi connectivity index (χ3n) is 4.34. The van der Waals surface area contributed by atoms with Crippen LogP contribution in [0.15, 0.2) is 66.7 Å². The molecule has 3 aromatic carbocycles. The molecular weight excluding hydrogens is 386 g/mol. The number of aryl methyl sites for hydroxylation is 1. The van der Waals surface area contributed by atoms with Gasteiger partial charge in [0.1, 0.15) is 0 Å².